The number of benzene rings is 3. The predicted molar refractivity (Wildman–Crippen MR) is 124 cm³/mol. The molecule has 0 saturated carbocycles. The molecule has 3 aromatic rings. The Morgan fingerprint density at radius 2 is 1.29 bits per heavy atom. The molecule has 0 saturated heterocycles. The lowest BCUT2D eigenvalue weighted by molar-refractivity contribution is 0.618. The lowest BCUT2D eigenvalue weighted by Crippen LogP contribution is -2.18. The molecule has 0 spiro atoms. The molecular weight excluding hydrogens is 362 g/mol. The van der Waals surface area contributed by atoms with Crippen LogP contribution in [0.5, 0.6) is 0 Å². The second-order valence-electron chi connectivity index (χ2n) is 6.74. The minimum atomic E-state index is 0.265. The van der Waals surface area contributed by atoms with E-state index in [2.05, 4.69) is 92.8 Å². The molecular formula is C26H30ClN. The average molecular weight is 392 g/mol. The summed E-state index contributed by atoms with van der Waals surface area (Å²) in [7, 11) is 0. The van der Waals surface area contributed by atoms with Crippen molar-refractivity contribution in [1.29, 1.82) is 0 Å². The Bertz CT molecular complexity index is 782. The van der Waals surface area contributed by atoms with E-state index in [4.69, 9.17) is 11.6 Å². The second-order valence-corrected chi connectivity index (χ2v) is 7.17. The Hall–Kier alpha value is -2.35. The van der Waals surface area contributed by atoms with Gasteiger partial charge >= 0.3 is 0 Å². The van der Waals surface area contributed by atoms with Gasteiger partial charge in [0.1, 0.15) is 0 Å². The molecule has 0 aromatic heterocycles. The van der Waals surface area contributed by atoms with Crippen molar-refractivity contribution in [3.05, 3.63) is 113 Å². The fraction of sp³-hybridized carbons (Fsp3) is 0.231. The van der Waals surface area contributed by atoms with E-state index in [1.807, 2.05) is 24.3 Å². The summed E-state index contributed by atoms with van der Waals surface area (Å²) in [5.41, 5.74) is 4.94. The normalized spacial score (nSPS) is 11.1. The highest BCUT2D eigenvalue weighted by atomic mass is 35.5. The highest BCUT2D eigenvalue weighted by molar-refractivity contribution is 6.30. The van der Waals surface area contributed by atoms with E-state index < -0.39 is 0 Å². The predicted octanol–water partition coefficient (Wildman–Crippen LogP) is 7.54. The van der Waals surface area contributed by atoms with Crippen LogP contribution in [-0.2, 0) is 0 Å². The van der Waals surface area contributed by atoms with Crippen molar-refractivity contribution in [3.63, 3.8) is 0 Å². The van der Waals surface area contributed by atoms with Crippen LogP contribution >= 0.6 is 11.6 Å². The van der Waals surface area contributed by atoms with E-state index in [0.29, 0.717) is 0 Å². The topological polar surface area (TPSA) is 12.0 Å². The van der Waals surface area contributed by atoms with E-state index in [0.717, 1.165) is 11.6 Å². The van der Waals surface area contributed by atoms with Crippen LogP contribution in [0.1, 0.15) is 49.9 Å². The maximum Gasteiger partial charge on any atom is 0.0406 e. The summed E-state index contributed by atoms with van der Waals surface area (Å²) < 4.78 is 0. The Morgan fingerprint density at radius 3 is 1.75 bits per heavy atom. The molecule has 0 unspecified atom stereocenters. The van der Waals surface area contributed by atoms with E-state index in [1.165, 1.54) is 28.7 Å². The third-order valence-electron chi connectivity index (χ3n) is 4.27. The van der Waals surface area contributed by atoms with Crippen LogP contribution in [0.25, 0.3) is 5.57 Å². The van der Waals surface area contributed by atoms with Crippen LogP contribution in [0.3, 0.4) is 0 Å². The van der Waals surface area contributed by atoms with Crippen LogP contribution in [0.4, 0.5) is 0 Å². The van der Waals surface area contributed by atoms with Gasteiger partial charge in [-0.25, -0.2) is 0 Å². The first-order valence-corrected chi connectivity index (χ1v) is 10.3. The summed E-state index contributed by atoms with van der Waals surface area (Å²) in [4.78, 5) is 0. The van der Waals surface area contributed by atoms with Gasteiger partial charge in [-0.15, -0.1) is 0 Å². The lowest BCUT2D eigenvalue weighted by atomic mass is 9.97. The van der Waals surface area contributed by atoms with Crippen LogP contribution in [0.15, 0.2) is 91.0 Å². The lowest BCUT2D eigenvalue weighted by Gasteiger charge is -2.14. The fourth-order valence-electron chi connectivity index (χ4n) is 2.84. The largest absolute Gasteiger partial charge is 0.307 e. The summed E-state index contributed by atoms with van der Waals surface area (Å²) in [5.74, 6) is 0. The van der Waals surface area contributed by atoms with Gasteiger partial charge < -0.3 is 5.32 Å². The van der Waals surface area contributed by atoms with Gasteiger partial charge in [0, 0.05) is 17.6 Å². The smallest absolute Gasteiger partial charge is 0.0406 e. The molecule has 1 N–H and O–H groups in total. The molecule has 3 rings (SSSR count). The fourth-order valence-corrected chi connectivity index (χ4v) is 2.97. The summed E-state index contributed by atoms with van der Waals surface area (Å²) in [5, 5.41) is 4.34. The summed E-state index contributed by atoms with van der Waals surface area (Å²) >= 11 is 5.97. The first-order chi connectivity index (χ1) is 13.7. The van der Waals surface area contributed by atoms with E-state index in [9.17, 15) is 0 Å². The Morgan fingerprint density at radius 1 is 0.821 bits per heavy atom. The maximum absolute atomic E-state index is 5.97. The molecule has 3 aromatic carbocycles. The van der Waals surface area contributed by atoms with Crippen molar-refractivity contribution in [2.45, 2.75) is 33.2 Å². The van der Waals surface area contributed by atoms with Gasteiger partial charge in [0.25, 0.3) is 0 Å². The van der Waals surface area contributed by atoms with Gasteiger partial charge in [0.15, 0.2) is 0 Å². The van der Waals surface area contributed by atoms with Crippen molar-refractivity contribution in [2.75, 3.05) is 6.54 Å². The number of hydrogen-bond donors (Lipinski definition) is 1. The Kier molecular flexibility index (Phi) is 9.54. The van der Waals surface area contributed by atoms with Crippen molar-refractivity contribution < 1.29 is 0 Å². The quantitative estimate of drug-likeness (QED) is 0.457. The Balaban J connectivity index is 0.000000878. The number of rotatable bonds is 6. The molecule has 0 aliphatic carbocycles. The minimum absolute atomic E-state index is 0.265. The molecule has 1 nitrogen and oxygen atoms in total. The molecule has 0 aliphatic rings. The van der Waals surface area contributed by atoms with Crippen LogP contribution in [0.2, 0.25) is 5.02 Å². The zero-order valence-corrected chi connectivity index (χ0v) is 17.8. The SMILES string of the molecule is CCC.C[C@@H](NCC=C(c1ccccc1)c1ccccc1)c1ccc(Cl)cc1. The van der Waals surface area contributed by atoms with Crippen molar-refractivity contribution in [1.82, 2.24) is 5.32 Å². The first-order valence-electron chi connectivity index (χ1n) is 9.95. The third kappa shape index (κ3) is 6.99. The summed E-state index contributed by atoms with van der Waals surface area (Å²) in [6.07, 6.45) is 3.51. The molecule has 0 aliphatic heterocycles. The molecule has 2 heteroatoms. The number of hydrogen-bond acceptors (Lipinski definition) is 1. The van der Waals surface area contributed by atoms with Gasteiger partial charge in [-0.05, 0) is 41.3 Å². The number of halogens is 1. The highest BCUT2D eigenvalue weighted by Gasteiger charge is 2.06. The molecule has 0 radical (unpaired) electrons. The maximum atomic E-state index is 5.97. The summed E-state index contributed by atoms with van der Waals surface area (Å²) in [6, 6.07) is 29.3. The van der Waals surface area contributed by atoms with Gasteiger partial charge in [-0.3, -0.25) is 0 Å². The first kappa shape index (κ1) is 21.9. The van der Waals surface area contributed by atoms with Gasteiger partial charge in [0.2, 0.25) is 0 Å². The van der Waals surface area contributed by atoms with Crippen molar-refractivity contribution in [2.24, 2.45) is 0 Å². The van der Waals surface area contributed by atoms with Gasteiger partial charge in [0.05, 0.1) is 0 Å². The molecule has 28 heavy (non-hydrogen) atoms. The highest BCUT2D eigenvalue weighted by Crippen LogP contribution is 2.23. The van der Waals surface area contributed by atoms with Crippen LogP contribution in [0, 0.1) is 0 Å². The molecule has 1 atom stereocenters. The Labute approximate surface area is 175 Å². The zero-order valence-electron chi connectivity index (χ0n) is 17.0. The number of nitrogens with one attached hydrogen (secondary N) is 1. The van der Waals surface area contributed by atoms with Crippen molar-refractivity contribution >= 4 is 17.2 Å². The zero-order chi connectivity index (χ0) is 20.2. The van der Waals surface area contributed by atoms with E-state index in [-0.39, 0.29) is 6.04 Å². The molecule has 0 heterocycles. The van der Waals surface area contributed by atoms with E-state index in [1.54, 1.807) is 0 Å². The second kappa shape index (κ2) is 12.2. The molecule has 0 fully saturated rings. The average Bonchev–Trinajstić information content (AvgIpc) is 2.73. The van der Waals surface area contributed by atoms with E-state index >= 15 is 0 Å². The molecule has 0 amide bonds. The van der Waals surface area contributed by atoms with Gasteiger partial charge in [-0.1, -0.05) is 111 Å². The van der Waals surface area contributed by atoms with Crippen LogP contribution in [-0.4, -0.2) is 6.54 Å². The van der Waals surface area contributed by atoms with Crippen LogP contribution < -0.4 is 5.32 Å². The molecule has 0 bridgehead atoms. The summed E-state index contributed by atoms with van der Waals surface area (Å²) in [6.45, 7) is 7.21. The molecule has 146 valence electrons. The standard InChI is InChI=1S/C23H22ClN.C3H8/c1-18(19-12-14-22(24)15-13-19)25-17-16-23(20-8-4-2-5-9-20)21-10-6-3-7-11-21;1-3-2/h2-16,18,25H,17H2,1H3;3H2,1-2H3/t18-;/m1./s1. The van der Waals surface area contributed by atoms with Gasteiger partial charge in [-0.2, -0.15) is 0 Å². The van der Waals surface area contributed by atoms with Crippen molar-refractivity contribution in [3.8, 4) is 0 Å². The monoisotopic (exact) mass is 391 g/mol. The minimum Gasteiger partial charge on any atom is -0.307 e. The third-order valence-corrected chi connectivity index (χ3v) is 4.52.